The van der Waals surface area contributed by atoms with Crippen LogP contribution >= 0.6 is 0 Å². The van der Waals surface area contributed by atoms with E-state index in [1.807, 2.05) is 12.1 Å². The Labute approximate surface area is 172 Å². The first-order valence-electron chi connectivity index (χ1n) is 10.0. The maximum absolute atomic E-state index is 13.4. The van der Waals surface area contributed by atoms with E-state index in [-0.39, 0.29) is 17.8 Å². The van der Waals surface area contributed by atoms with Gasteiger partial charge in [-0.3, -0.25) is 9.59 Å². The Morgan fingerprint density at radius 3 is 2.37 bits per heavy atom. The number of fused-ring (bicyclic) bond motifs is 1. The number of amides is 1. The average Bonchev–Trinajstić information content (AvgIpc) is 3.02. The Morgan fingerprint density at radius 2 is 1.67 bits per heavy atom. The summed E-state index contributed by atoms with van der Waals surface area (Å²) in [4.78, 5) is 27.5. The van der Waals surface area contributed by atoms with Crippen molar-refractivity contribution in [3.8, 4) is 0 Å². The van der Waals surface area contributed by atoms with Gasteiger partial charge in [0.05, 0.1) is 5.39 Å². The highest BCUT2D eigenvalue weighted by molar-refractivity contribution is 5.93. The minimum absolute atomic E-state index is 0.112. The third-order valence-corrected chi connectivity index (χ3v) is 5.25. The van der Waals surface area contributed by atoms with Gasteiger partial charge in [0.2, 0.25) is 5.91 Å². The van der Waals surface area contributed by atoms with E-state index in [1.54, 1.807) is 12.1 Å². The van der Waals surface area contributed by atoms with E-state index in [1.165, 1.54) is 6.07 Å². The van der Waals surface area contributed by atoms with Gasteiger partial charge in [0.1, 0.15) is 6.54 Å². The molecule has 8 heteroatoms. The van der Waals surface area contributed by atoms with Crippen molar-refractivity contribution in [2.75, 3.05) is 23.3 Å². The van der Waals surface area contributed by atoms with Gasteiger partial charge in [0.25, 0.3) is 5.56 Å². The van der Waals surface area contributed by atoms with Crippen LogP contribution < -0.4 is 15.8 Å². The molecule has 0 saturated carbocycles. The summed E-state index contributed by atoms with van der Waals surface area (Å²) >= 11 is 0. The van der Waals surface area contributed by atoms with Gasteiger partial charge >= 0.3 is 0 Å². The van der Waals surface area contributed by atoms with Crippen LogP contribution in [0.5, 0.6) is 0 Å². The molecule has 2 aromatic carbocycles. The molecule has 1 amide bonds. The van der Waals surface area contributed by atoms with E-state index < -0.39 is 17.5 Å². The summed E-state index contributed by atoms with van der Waals surface area (Å²) < 4.78 is 27.6. The lowest BCUT2D eigenvalue weighted by Crippen LogP contribution is -2.33. The van der Waals surface area contributed by atoms with Crippen molar-refractivity contribution < 1.29 is 13.6 Å². The van der Waals surface area contributed by atoms with Crippen LogP contribution in [0.4, 0.5) is 20.3 Å². The molecule has 0 bridgehead atoms. The molecular weight excluding hydrogens is 390 g/mol. The van der Waals surface area contributed by atoms with E-state index in [2.05, 4.69) is 15.3 Å². The van der Waals surface area contributed by atoms with E-state index in [0.29, 0.717) is 11.2 Å². The molecule has 3 aromatic rings. The highest BCUT2D eigenvalue weighted by Gasteiger charge is 2.19. The number of rotatable bonds is 4. The van der Waals surface area contributed by atoms with Gasteiger partial charge in [-0.25, -0.2) is 13.5 Å². The maximum atomic E-state index is 13.4. The average molecular weight is 412 g/mol. The number of hydrogen-bond donors (Lipinski definition) is 1. The summed E-state index contributed by atoms with van der Waals surface area (Å²) in [6, 6.07) is 10.3. The Morgan fingerprint density at radius 1 is 0.967 bits per heavy atom. The zero-order chi connectivity index (χ0) is 21.1. The number of anilines is 2. The normalized spacial score (nSPS) is 14.5. The zero-order valence-corrected chi connectivity index (χ0v) is 16.4. The molecule has 0 unspecified atom stereocenters. The molecule has 1 saturated heterocycles. The number of carbonyl (C=O) groups is 1. The van der Waals surface area contributed by atoms with Crippen LogP contribution in [0.3, 0.4) is 0 Å². The van der Waals surface area contributed by atoms with Crippen molar-refractivity contribution >= 4 is 28.2 Å². The van der Waals surface area contributed by atoms with E-state index >= 15 is 0 Å². The summed E-state index contributed by atoms with van der Waals surface area (Å²) in [7, 11) is 0. The molecule has 0 atom stereocenters. The van der Waals surface area contributed by atoms with Crippen molar-refractivity contribution in [2.24, 2.45) is 0 Å². The molecule has 1 fully saturated rings. The number of carbonyl (C=O) groups excluding carboxylic acids is 1. The number of hydrogen-bond acceptors (Lipinski definition) is 4. The third kappa shape index (κ3) is 4.17. The van der Waals surface area contributed by atoms with Gasteiger partial charge in [-0.15, -0.1) is 0 Å². The summed E-state index contributed by atoms with van der Waals surface area (Å²) in [6.07, 6.45) is 4.41. The van der Waals surface area contributed by atoms with Crippen molar-refractivity contribution in [1.29, 1.82) is 0 Å². The van der Waals surface area contributed by atoms with Gasteiger partial charge in [-0.1, -0.05) is 31.0 Å². The molecule has 0 aliphatic carbocycles. The first-order valence-corrected chi connectivity index (χ1v) is 10.0. The Kier molecular flexibility index (Phi) is 5.74. The minimum Gasteiger partial charge on any atom is -0.355 e. The fourth-order valence-electron chi connectivity index (χ4n) is 3.75. The standard InChI is InChI=1S/C22H22F2N4O2/c23-18-10-9-15(13-19(18)24)25-20(29)14-28-22(30)17-8-4-3-7-16(17)21(26-28)27-11-5-1-2-6-12-27/h3-4,7-10,13H,1-2,5-6,11-12,14H2,(H,25,29). The monoisotopic (exact) mass is 412 g/mol. The van der Waals surface area contributed by atoms with Gasteiger partial charge in [-0.2, -0.15) is 5.10 Å². The quantitative estimate of drug-likeness (QED) is 0.710. The lowest BCUT2D eigenvalue weighted by Gasteiger charge is -2.23. The molecule has 156 valence electrons. The molecule has 1 aliphatic rings. The second-order valence-corrected chi connectivity index (χ2v) is 7.41. The highest BCUT2D eigenvalue weighted by Crippen LogP contribution is 2.24. The SMILES string of the molecule is O=C(Cn1nc(N2CCCCCC2)c2ccccc2c1=O)Nc1ccc(F)c(F)c1. The molecule has 4 rings (SSSR count). The molecule has 1 aromatic heterocycles. The van der Waals surface area contributed by atoms with Crippen LogP contribution in [-0.2, 0) is 11.3 Å². The number of aromatic nitrogens is 2. The molecule has 30 heavy (non-hydrogen) atoms. The molecule has 0 radical (unpaired) electrons. The van der Waals surface area contributed by atoms with Crippen LogP contribution in [0, 0.1) is 11.6 Å². The maximum Gasteiger partial charge on any atom is 0.275 e. The van der Waals surface area contributed by atoms with Gasteiger partial charge in [0.15, 0.2) is 17.5 Å². The Hall–Kier alpha value is -3.29. The summed E-state index contributed by atoms with van der Waals surface area (Å²) in [5.74, 6) is -1.92. The van der Waals surface area contributed by atoms with Crippen LogP contribution in [0.2, 0.25) is 0 Å². The number of nitrogens with zero attached hydrogens (tertiary/aromatic N) is 3. The Bertz CT molecular complexity index is 1140. The second-order valence-electron chi connectivity index (χ2n) is 7.41. The number of benzene rings is 2. The zero-order valence-electron chi connectivity index (χ0n) is 16.4. The van der Waals surface area contributed by atoms with E-state index in [9.17, 15) is 18.4 Å². The van der Waals surface area contributed by atoms with Crippen molar-refractivity contribution in [3.63, 3.8) is 0 Å². The first kappa shape index (κ1) is 20.0. The van der Waals surface area contributed by atoms with Crippen molar-refractivity contribution in [1.82, 2.24) is 9.78 Å². The lowest BCUT2D eigenvalue weighted by molar-refractivity contribution is -0.117. The Balaban J connectivity index is 1.66. The number of halogens is 2. The number of nitrogens with one attached hydrogen (secondary N) is 1. The van der Waals surface area contributed by atoms with E-state index in [4.69, 9.17) is 0 Å². The van der Waals surface area contributed by atoms with Gasteiger partial charge in [0, 0.05) is 30.2 Å². The smallest absolute Gasteiger partial charge is 0.275 e. The summed E-state index contributed by atoms with van der Waals surface area (Å²) in [6.45, 7) is 1.36. The summed E-state index contributed by atoms with van der Waals surface area (Å²) in [5, 5.41) is 8.26. The summed E-state index contributed by atoms with van der Waals surface area (Å²) in [5.41, 5.74) is -0.259. The van der Waals surface area contributed by atoms with Crippen molar-refractivity contribution in [2.45, 2.75) is 32.2 Å². The van der Waals surface area contributed by atoms with Crippen LogP contribution in [0.15, 0.2) is 47.3 Å². The van der Waals surface area contributed by atoms with E-state index in [0.717, 1.165) is 61.0 Å². The fraction of sp³-hybridized carbons (Fsp3) is 0.318. The molecule has 0 spiro atoms. The molecule has 6 nitrogen and oxygen atoms in total. The predicted octanol–water partition coefficient (Wildman–Crippen LogP) is 3.69. The first-order chi connectivity index (χ1) is 14.5. The third-order valence-electron chi connectivity index (χ3n) is 5.25. The van der Waals surface area contributed by atoms with Gasteiger partial charge < -0.3 is 10.2 Å². The molecular formula is C22H22F2N4O2. The second kappa shape index (κ2) is 8.61. The predicted molar refractivity (Wildman–Crippen MR) is 112 cm³/mol. The van der Waals surface area contributed by atoms with Gasteiger partial charge in [-0.05, 0) is 31.0 Å². The van der Waals surface area contributed by atoms with Crippen LogP contribution in [-0.4, -0.2) is 28.8 Å². The topological polar surface area (TPSA) is 67.2 Å². The largest absolute Gasteiger partial charge is 0.355 e. The highest BCUT2D eigenvalue weighted by atomic mass is 19.2. The van der Waals surface area contributed by atoms with Crippen molar-refractivity contribution in [3.05, 3.63) is 64.5 Å². The lowest BCUT2D eigenvalue weighted by atomic mass is 10.1. The molecule has 1 aliphatic heterocycles. The van der Waals surface area contributed by atoms with Crippen LogP contribution in [0.1, 0.15) is 25.7 Å². The van der Waals surface area contributed by atoms with Crippen LogP contribution in [0.25, 0.3) is 10.8 Å². The molecule has 1 N–H and O–H groups in total. The minimum atomic E-state index is -1.06. The molecule has 2 heterocycles. The fourth-order valence-corrected chi connectivity index (χ4v) is 3.75.